The van der Waals surface area contributed by atoms with E-state index in [2.05, 4.69) is 31.4 Å². The fraction of sp³-hybridized carbons (Fsp3) is 0.556. The third-order valence-corrected chi connectivity index (χ3v) is 4.10. The van der Waals surface area contributed by atoms with Crippen LogP contribution < -0.4 is 10.6 Å². The van der Waals surface area contributed by atoms with E-state index in [4.69, 9.17) is 0 Å². The number of fused-ring (bicyclic) bond motifs is 1. The fourth-order valence-electron chi connectivity index (χ4n) is 2.68. The Bertz CT molecular complexity index is 590. The number of carboxylic acids is 1. The summed E-state index contributed by atoms with van der Waals surface area (Å²) in [5, 5.41) is 15.3. The number of carbonyl (C=O) groups excluding carboxylic acids is 1. The van der Waals surface area contributed by atoms with Crippen molar-refractivity contribution < 1.29 is 14.7 Å². The van der Waals surface area contributed by atoms with Crippen molar-refractivity contribution in [3.05, 3.63) is 29.3 Å². The van der Waals surface area contributed by atoms with E-state index < -0.39 is 12.0 Å². The van der Waals surface area contributed by atoms with Gasteiger partial charge in [0.1, 0.15) is 6.04 Å². The Morgan fingerprint density at radius 1 is 1.35 bits per heavy atom. The number of carboxylic acid groups (broad SMARTS) is 1. The smallest absolute Gasteiger partial charge is 0.320 e. The monoisotopic (exact) mass is 318 g/mol. The first-order chi connectivity index (χ1) is 10.7. The first-order valence-corrected chi connectivity index (χ1v) is 8.12. The first kappa shape index (κ1) is 17.5. The van der Waals surface area contributed by atoms with Crippen molar-refractivity contribution in [3.63, 3.8) is 0 Å². The van der Waals surface area contributed by atoms with E-state index in [-0.39, 0.29) is 11.3 Å². The van der Waals surface area contributed by atoms with Gasteiger partial charge in [0.05, 0.1) is 0 Å². The molecule has 0 saturated carbocycles. The Morgan fingerprint density at radius 3 is 2.74 bits per heavy atom. The summed E-state index contributed by atoms with van der Waals surface area (Å²) in [5.41, 5.74) is 3.15. The summed E-state index contributed by atoms with van der Waals surface area (Å²) in [6.45, 7) is 6.86. The number of hydrogen-bond acceptors (Lipinski definition) is 3. The molecule has 1 aromatic carbocycles. The molecule has 0 aliphatic carbocycles. The zero-order valence-electron chi connectivity index (χ0n) is 14.1. The van der Waals surface area contributed by atoms with Crippen molar-refractivity contribution in [3.8, 4) is 0 Å². The second kappa shape index (κ2) is 7.13. The Balaban J connectivity index is 1.95. The van der Waals surface area contributed by atoms with Gasteiger partial charge in [-0.15, -0.1) is 0 Å². The lowest BCUT2D eigenvalue weighted by molar-refractivity contribution is -0.139. The predicted molar refractivity (Wildman–Crippen MR) is 90.3 cm³/mol. The van der Waals surface area contributed by atoms with Crippen LogP contribution in [0.3, 0.4) is 0 Å². The normalized spacial score (nSPS) is 15.7. The van der Waals surface area contributed by atoms with Gasteiger partial charge in [0.15, 0.2) is 0 Å². The number of aryl methyl sites for hydroxylation is 1. The standard InChI is InChI=1S/C18H26N2O3/c1-18(2,3)9-8-15(17(22)23)19-11-12-4-6-14-13(10-12)5-7-16(21)20-14/h4,6,10,15,19H,5,7-9,11H2,1-3H3,(H,20,21)(H,22,23)/t15-/m0/s1. The highest BCUT2D eigenvalue weighted by Gasteiger charge is 2.21. The van der Waals surface area contributed by atoms with E-state index >= 15 is 0 Å². The van der Waals surface area contributed by atoms with E-state index in [0.717, 1.165) is 29.7 Å². The largest absolute Gasteiger partial charge is 0.480 e. The van der Waals surface area contributed by atoms with Gasteiger partial charge in [-0.25, -0.2) is 0 Å². The molecule has 1 heterocycles. The second-order valence-electron chi connectivity index (χ2n) is 7.41. The van der Waals surface area contributed by atoms with E-state index in [1.807, 2.05) is 18.2 Å². The van der Waals surface area contributed by atoms with Crippen LogP contribution in [0.5, 0.6) is 0 Å². The van der Waals surface area contributed by atoms with Crippen LogP contribution in [0.25, 0.3) is 0 Å². The highest BCUT2D eigenvalue weighted by Crippen LogP contribution is 2.24. The van der Waals surface area contributed by atoms with Crippen LogP contribution in [0, 0.1) is 5.41 Å². The molecule has 1 aliphatic rings. The Morgan fingerprint density at radius 2 is 2.09 bits per heavy atom. The molecule has 0 radical (unpaired) electrons. The Kier molecular flexibility index (Phi) is 5.42. The molecule has 1 aliphatic heterocycles. The van der Waals surface area contributed by atoms with Crippen LogP contribution in [0.2, 0.25) is 0 Å². The molecule has 0 saturated heterocycles. The molecule has 0 unspecified atom stereocenters. The summed E-state index contributed by atoms with van der Waals surface area (Å²) in [5.74, 6) is -0.754. The van der Waals surface area contributed by atoms with E-state index in [1.54, 1.807) is 0 Å². The molecule has 1 atom stereocenters. The number of nitrogens with one attached hydrogen (secondary N) is 2. The predicted octanol–water partition coefficient (Wildman–Crippen LogP) is 2.94. The van der Waals surface area contributed by atoms with Crippen molar-refractivity contribution in [2.24, 2.45) is 5.41 Å². The van der Waals surface area contributed by atoms with E-state index in [9.17, 15) is 14.7 Å². The van der Waals surface area contributed by atoms with Crippen LogP contribution in [0.15, 0.2) is 18.2 Å². The van der Waals surface area contributed by atoms with E-state index in [0.29, 0.717) is 19.4 Å². The zero-order valence-corrected chi connectivity index (χ0v) is 14.1. The molecule has 1 amide bonds. The first-order valence-electron chi connectivity index (χ1n) is 8.12. The van der Waals surface area contributed by atoms with Crippen LogP contribution >= 0.6 is 0 Å². The number of benzene rings is 1. The molecule has 0 aromatic heterocycles. The summed E-state index contributed by atoms with van der Waals surface area (Å²) in [7, 11) is 0. The summed E-state index contributed by atoms with van der Waals surface area (Å²) in [6, 6.07) is 5.34. The lowest BCUT2D eigenvalue weighted by Crippen LogP contribution is -2.37. The Hall–Kier alpha value is -1.88. The van der Waals surface area contributed by atoms with Crippen molar-refractivity contribution in [1.82, 2.24) is 5.32 Å². The summed E-state index contributed by atoms with van der Waals surface area (Å²) >= 11 is 0. The number of carbonyl (C=O) groups is 2. The van der Waals surface area contributed by atoms with Gasteiger partial charge in [0.25, 0.3) is 0 Å². The molecule has 0 fully saturated rings. The highest BCUT2D eigenvalue weighted by molar-refractivity contribution is 5.93. The Labute approximate surface area is 137 Å². The quantitative estimate of drug-likeness (QED) is 0.753. The molecule has 5 nitrogen and oxygen atoms in total. The van der Waals surface area contributed by atoms with Crippen LogP contribution in [-0.4, -0.2) is 23.0 Å². The molecule has 1 aromatic rings. The molecule has 2 rings (SSSR count). The molecule has 126 valence electrons. The van der Waals surface area contributed by atoms with Crippen molar-refractivity contribution >= 4 is 17.6 Å². The maximum absolute atomic E-state index is 11.4. The summed E-state index contributed by atoms with van der Waals surface area (Å²) in [6.07, 6.45) is 2.71. The van der Waals surface area contributed by atoms with Crippen LogP contribution in [0.4, 0.5) is 5.69 Å². The van der Waals surface area contributed by atoms with Gasteiger partial charge in [-0.05, 0) is 41.9 Å². The van der Waals surface area contributed by atoms with Gasteiger partial charge in [-0.1, -0.05) is 32.9 Å². The fourth-order valence-corrected chi connectivity index (χ4v) is 2.68. The minimum absolute atomic E-state index is 0.0523. The average molecular weight is 318 g/mol. The van der Waals surface area contributed by atoms with Crippen molar-refractivity contribution in [1.29, 1.82) is 0 Å². The molecule has 0 spiro atoms. The van der Waals surface area contributed by atoms with Gasteiger partial charge in [0.2, 0.25) is 5.91 Å². The highest BCUT2D eigenvalue weighted by atomic mass is 16.4. The summed E-state index contributed by atoms with van der Waals surface area (Å²) in [4.78, 5) is 22.8. The minimum atomic E-state index is -0.806. The average Bonchev–Trinajstić information content (AvgIpc) is 2.45. The van der Waals surface area contributed by atoms with Crippen molar-refractivity contribution in [2.45, 2.75) is 59.0 Å². The molecule has 0 bridgehead atoms. The number of anilines is 1. The third-order valence-electron chi connectivity index (χ3n) is 4.10. The van der Waals surface area contributed by atoms with Gasteiger partial charge in [0, 0.05) is 18.7 Å². The molecule has 3 N–H and O–H groups in total. The van der Waals surface area contributed by atoms with Gasteiger partial charge >= 0.3 is 5.97 Å². The number of aliphatic carboxylic acids is 1. The number of rotatable bonds is 6. The maximum Gasteiger partial charge on any atom is 0.320 e. The van der Waals surface area contributed by atoms with Gasteiger partial charge < -0.3 is 15.7 Å². The number of hydrogen-bond donors (Lipinski definition) is 3. The van der Waals surface area contributed by atoms with Crippen LogP contribution in [0.1, 0.15) is 51.2 Å². The molecular weight excluding hydrogens is 292 g/mol. The zero-order chi connectivity index (χ0) is 17.0. The SMILES string of the molecule is CC(C)(C)CC[C@H](NCc1ccc2c(c1)CCC(=O)N2)C(=O)O. The van der Waals surface area contributed by atoms with Gasteiger partial charge in [-0.2, -0.15) is 0 Å². The third kappa shape index (κ3) is 5.36. The lowest BCUT2D eigenvalue weighted by atomic mass is 9.88. The second-order valence-corrected chi connectivity index (χ2v) is 7.41. The van der Waals surface area contributed by atoms with E-state index in [1.165, 1.54) is 0 Å². The topological polar surface area (TPSA) is 78.4 Å². The minimum Gasteiger partial charge on any atom is -0.480 e. The maximum atomic E-state index is 11.4. The summed E-state index contributed by atoms with van der Waals surface area (Å²) < 4.78 is 0. The number of amides is 1. The van der Waals surface area contributed by atoms with Crippen molar-refractivity contribution in [2.75, 3.05) is 5.32 Å². The lowest BCUT2D eigenvalue weighted by Gasteiger charge is -2.22. The van der Waals surface area contributed by atoms with Gasteiger partial charge in [-0.3, -0.25) is 9.59 Å². The molecule has 5 heteroatoms. The molecule has 23 heavy (non-hydrogen) atoms. The molecular formula is C18H26N2O3. The van der Waals surface area contributed by atoms with Crippen LogP contribution in [-0.2, 0) is 22.6 Å².